The van der Waals surface area contributed by atoms with Crippen molar-refractivity contribution in [2.75, 3.05) is 6.61 Å². The Bertz CT molecular complexity index is 523. The zero-order valence-electron chi connectivity index (χ0n) is 10.2. The number of carbonyl (C=O) groups excluding carboxylic acids is 3. The van der Waals surface area contributed by atoms with E-state index in [1.54, 1.807) is 6.07 Å². The molecule has 1 aliphatic heterocycles. The van der Waals surface area contributed by atoms with E-state index in [4.69, 9.17) is 15.7 Å². The van der Waals surface area contributed by atoms with Crippen molar-refractivity contribution in [1.29, 1.82) is 5.26 Å². The number of hydrogen-bond acceptors (Lipinski definition) is 7. The van der Waals surface area contributed by atoms with Crippen LogP contribution in [0.5, 0.6) is 0 Å². The van der Waals surface area contributed by atoms with Gasteiger partial charge in [-0.15, -0.1) is 0 Å². The maximum Gasteiger partial charge on any atom is 0.354 e. The first-order chi connectivity index (χ1) is 8.95. The summed E-state index contributed by atoms with van der Waals surface area (Å²) in [5.74, 6) is -1.78. The van der Waals surface area contributed by atoms with Crippen molar-refractivity contribution in [3.8, 4) is 6.07 Å². The van der Waals surface area contributed by atoms with Gasteiger partial charge < -0.3 is 10.5 Å². The number of allylic oxidation sites excluding steroid dienone is 1. The average molecular weight is 264 g/mol. The number of Topliss-reactive ketones (excluding diaryl/α,β-unsaturated/α-hetero) is 1. The molecule has 0 atom stereocenters. The minimum absolute atomic E-state index is 0.0272. The van der Waals surface area contributed by atoms with Crippen molar-refractivity contribution in [2.45, 2.75) is 19.8 Å². The fraction of sp³-hybridized carbons (Fsp3) is 0.364. The fourth-order valence-corrected chi connectivity index (χ4v) is 1.28. The molecule has 1 amide bonds. The molecule has 0 aromatic carbocycles. The molecule has 1 heterocycles. The number of rotatable bonds is 4. The molecule has 0 fully saturated rings. The predicted molar refractivity (Wildman–Crippen MR) is 63.3 cm³/mol. The van der Waals surface area contributed by atoms with Gasteiger partial charge in [-0.05, 0) is 6.92 Å². The second kappa shape index (κ2) is 6.30. The van der Waals surface area contributed by atoms with Crippen molar-refractivity contribution in [3.05, 3.63) is 11.3 Å². The minimum atomic E-state index is -0.805. The number of hydrazone groups is 1. The molecular weight excluding hydrogens is 252 g/mol. The topological polar surface area (TPSA) is 135 Å². The number of carbonyl (C=O) groups is 3. The summed E-state index contributed by atoms with van der Waals surface area (Å²) >= 11 is 0. The van der Waals surface area contributed by atoms with Gasteiger partial charge in [0, 0.05) is 18.5 Å². The van der Waals surface area contributed by atoms with E-state index in [-0.39, 0.29) is 35.7 Å². The number of nitrogens with two attached hydrogens (primary N) is 1. The highest BCUT2D eigenvalue weighted by atomic mass is 16.5. The van der Waals surface area contributed by atoms with Crippen molar-refractivity contribution in [3.63, 3.8) is 0 Å². The van der Waals surface area contributed by atoms with Crippen LogP contribution in [0.2, 0.25) is 0 Å². The first-order valence-corrected chi connectivity index (χ1v) is 5.38. The lowest BCUT2D eigenvalue weighted by Gasteiger charge is -2.10. The Morgan fingerprint density at radius 1 is 1.53 bits per heavy atom. The molecule has 8 nitrogen and oxygen atoms in total. The third kappa shape index (κ3) is 3.92. The van der Waals surface area contributed by atoms with Crippen molar-refractivity contribution in [1.82, 2.24) is 5.43 Å². The van der Waals surface area contributed by atoms with Gasteiger partial charge in [0.25, 0.3) is 0 Å². The molecule has 0 saturated carbocycles. The average Bonchev–Trinajstić information content (AvgIpc) is 2.37. The molecule has 8 heteroatoms. The highest BCUT2D eigenvalue weighted by molar-refractivity contribution is 6.37. The van der Waals surface area contributed by atoms with Crippen LogP contribution in [0.4, 0.5) is 0 Å². The molecule has 1 aliphatic rings. The Hall–Kier alpha value is -2.69. The summed E-state index contributed by atoms with van der Waals surface area (Å²) < 4.78 is 4.70. The lowest BCUT2D eigenvalue weighted by molar-refractivity contribution is -0.140. The number of esters is 1. The number of nitriles is 1. The Kier molecular flexibility index (Phi) is 4.76. The number of nitrogens with zero attached hydrogens (tertiary/aromatic N) is 2. The zero-order chi connectivity index (χ0) is 14.4. The molecule has 0 bridgehead atoms. The van der Waals surface area contributed by atoms with Gasteiger partial charge in [0.2, 0.25) is 11.7 Å². The standard InChI is InChI=1S/C11H12N4O4/c1-6(13)7(4-12)9(16)5-19-11(18)8-2-3-10(17)15-14-8/h2-3,5,13H2,1H3,(H,15,17). The molecule has 19 heavy (non-hydrogen) atoms. The van der Waals surface area contributed by atoms with Gasteiger partial charge in [0.15, 0.2) is 6.61 Å². The quantitative estimate of drug-likeness (QED) is 0.384. The van der Waals surface area contributed by atoms with Gasteiger partial charge in [-0.2, -0.15) is 10.4 Å². The van der Waals surface area contributed by atoms with E-state index in [2.05, 4.69) is 10.5 Å². The summed E-state index contributed by atoms with van der Waals surface area (Å²) in [4.78, 5) is 33.8. The second-order valence-corrected chi connectivity index (χ2v) is 3.76. The lowest BCUT2D eigenvalue weighted by Crippen LogP contribution is -2.31. The molecule has 3 N–H and O–H groups in total. The Balaban J connectivity index is 2.57. The van der Waals surface area contributed by atoms with E-state index in [1.807, 2.05) is 0 Å². The van der Waals surface area contributed by atoms with Gasteiger partial charge in [-0.3, -0.25) is 9.59 Å². The summed E-state index contributed by atoms with van der Waals surface area (Å²) in [6, 6.07) is 1.64. The first kappa shape index (κ1) is 14.4. The monoisotopic (exact) mass is 264 g/mol. The van der Waals surface area contributed by atoms with E-state index < -0.39 is 18.4 Å². The van der Waals surface area contributed by atoms with Gasteiger partial charge in [0.05, 0.1) is 0 Å². The summed E-state index contributed by atoms with van der Waals surface area (Å²) in [5.41, 5.74) is 7.32. The number of ketones is 1. The fourth-order valence-electron chi connectivity index (χ4n) is 1.28. The van der Waals surface area contributed by atoms with Crippen LogP contribution in [0.1, 0.15) is 19.8 Å². The molecule has 0 radical (unpaired) electrons. The van der Waals surface area contributed by atoms with Gasteiger partial charge >= 0.3 is 5.97 Å². The number of hydrogen-bond donors (Lipinski definition) is 2. The van der Waals surface area contributed by atoms with Crippen LogP contribution in [0, 0.1) is 11.3 Å². The highest BCUT2D eigenvalue weighted by Crippen LogP contribution is 2.03. The molecule has 0 unspecified atom stereocenters. The van der Waals surface area contributed by atoms with Crippen molar-refractivity contribution >= 4 is 23.4 Å². The van der Waals surface area contributed by atoms with E-state index in [0.717, 1.165) is 0 Å². The van der Waals surface area contributed by atoms with Crippen LogP contribution < -0.4 is 11.2 Å². The van der Waals surface area contributed by atoms with Crippen LogP contribution in [-0.4, -0.2) is 30.0 Å². The summed E-state index contributed by atoms with van der Waals surface area (Å²) in [6.07, 6.45) is 0.281. The maximum atomic E-state index is 11.5. The van der Waals surface area contributed by atoms with Crippen molar-refractivity contribution < 1.29 is 19.1 Å². The van der Waals surface area contributed by atoms with E-state index in [0.29, 0.717) is 0 Å². The highest BCUT2D eigenvalue weighted by Gasteiger charge is 2.21. The molecular formula is C11H12N4O4. The van der Waals surface area contributed by atoms with Gasteiger partial charge in [-0.25, -0.2) is 10.2 Å². The summed E-state index contributed by atoms with van der Waals surface area (Å²) in [7, 11) is 0. The van der Waals surface area contributed by atoms with E-state index in [1.165, 1.54) is 6.92 Å². The van der Waals surface area contributed by atoms with Gasteiger partial charge in [0.1, 0.15) is 17.4 Å². The lowest BCUT2D eigenvalue weighted by atomic mass is 10.1. The molecule has 0 saturated heterocycles. The molecule has 100 valence electrons. The Labute approximate surface area is 108 Å². The molecule has 0 aliphatic carbocycles. The SMILES string of the molecule is CC(N)=C(C#N)C(=O)COC(=O)C1=NNC(=O)CC1. The molecule has 1 rings (SSSR count). The Morgan fingerprint density at radius 3 is 2.68 bits per heavy atom. The third-order valence-corrected chi connectivity index (χ3v) is 2.26. The Morgan fingerprint density at radius 2 is 2.21 bits per heavy atom. The summed E-state index contributed by atoms with van der Waals surface area (Å²) in [6.45, 7) is 0.808. The largest absolute Gasteiger partial charge is 0.453 e. The van der Waals surface area contributed by atoms with Crippen LogP contribution in [0.25, 0.3) is 0 Å². The maximum absolute atomic E-state index is 11.5. The van der Waals surface area contributed by atoms with E-state index in [9.17, 15) is 14.4 Å². The number of amides is 1. The normalized spacial score (nSPS) is 15.6. The minimum Gasteiger partial charge on any atom is -0.453 e. The molecule has 0 aromatic heterocycles. The van der Waals surface area contributed by atoms with Crippen molar-refractivity contribution in [2.24, 2.45) is 10.8 Å². The van der Waals surface area contributed by atoms with Crippen LogP contribution in [0.3, 0.4) is 0 Å². The van der Waals surface area contributed by atoms with Gasteiger partial charge in [-0.1, -0.05) is 0 Å². The number of ether oxygens (including phenoxy) is 1. The number of nitrogens with one attached hydrogen (secondary N) is 1. The summed E-state index contributed by atoms with van der Waals surface area (Å²) in [5, 5.41) is 12.2. The van der Waals surface area contributed by atoms with Crippen LogP contribution in [0.15, 0.2) is 16.4 Å². The molecule has 0 aromatic rings. The zero-order valence-corrected chi connectivity index (χ0v) is 10.2. The van der Waals surface area contributed by atoms with Crippen LogP contribution >= 0.6 is 0 Å². The van der Waals surface area contributed by atoms with Crippen LogP contribution in [-0.2, 0) is 19.1 Å². The first-order valence-electron chi connectivity index (χ1n) is 5.38. The smallest absolute Gasteiger partial charge is 0.354 e. The predicted octanol–water partition coefficient (Wildman–Crippen LogP) is -0.879. The van der Waals surface area contributed by atoms with E-state index >= 15 is 0 Å². The second-order valence-electron chi connectivity index (χ2n) is 3.76. The third-order valence-electron chi connectivity index (χ3n) is 2.26. The molecule has 0 spiro atoms.